The monoisotopic (exact) mass is 221 g/mol. The minimum absolute atomic E-state index is 0.162. The normalized spacial score (nSPS) is 17.9. The molecule has 1 aromatic carbocycles. The van der Waals surface area contributed by atoms with Crippen LogP contribution in [0, 0.1) is 0 Å². The number of ether oxygens (including phenoxy) is 1. The third kappa shape index (κ3) is 2.52. The van der Waals surface area contributed by atoms with Crippen molar-refractivity contribution in [1.82, 2.24) is 5.32 Å². The number of rotatable bonds is 5. The number of fused-ring (bicyclic) bond motifs is 1. The number of aliphatic carboxylic acids is 1. The molecule has 0 aliphatic carbocycles. The first kappa shape index (κ1) is 11.0. The van der Waals surface area contributed by atoms with Crippen molar-refractivity contribution in [2.24, 2.45) is 0 Å². The molecule has 0 aromatic heterocycles. The summed E-state index contributed by atoms with van der Waals surface area (Å²) in [5.74, 6) is 0.521. The molecule has 4 heteroatoms. The molecule has 0 saturated carbocycles. The zero-order valence-corrected chi connectivity index (χ0v) is 8.98. The molecule has 0 spiro atoms. The molecule has 2 rings (SSSR count). The van der Waals surface area contributed by atoms with Gasteiger partial charge in [0.1, 0.15) is 5.75 Å². The SMILES string of the molecule is O=C(O)CCNCC1COc2ccccc21. The second-order valence-electron chi connectivity index (χ2n) is 3.89. The van der Waals surface area contributed by atoms with Gasteiger partial charge in [0.05, 0.1) is 13.0 Å². The summed E-state index contributed by atoms with van der Waals surface area (Å²) in [7, 11) is 0. The van der Waals surface area contributed by atoms with Gasteiger partial charge in [0.15, 0.2) is 0 Å². The summed E-state index contributed by atoms with van der Waals surface area (Å²) in [6.07, 6.45) is 0.162. The topological polar surface area (TPSA) is 58.6 Å². The van der Waals surface area contributed by atoms with Gasteiger partial charge in [-0.05, 0) is 6.07 Å². The lowest BCUT2D eigenvalue weighted by Crippen LogP contribution is -2.24. The predicted octanol–water partition coefficient (Wildman–Crippen LogP) is 1.23. The molecule has 1 aromatic rings. The maximum atomic E-state index is 10.3. The molecular weight excluding hydrogens is 206 g/mol. The summed E-state index contributed by atoms with van der Waals surface area (Å²) in [6.45, 7) is 1.96. The number of nitrogens with one attached hydrogen (secondary N) is 1. The lowest BCUT2D eigenvalue weighted by atomic mass is 10.0. The predicted molar refractivity (Wildman–Crippen MR) is 59.8 cm³/mol. The Bertz CT molecular complexity index is 378. The van der Waals surface area contributed by atoms with E-state index in [-0.39, 0.29) is 6.42 Å². The molecule has 16 heavy (non-hydrogen) atoms. The van der Waals surface area contributed by atoms with Crippen molar-refractivity contribution in [3.8, 4) is 5.75 Å². The Hall–Kier alpha value is -1.55. The van der Waals surface area contributed by atoms with Crippen molar-refractivity contribution < 1.29 is 14.6 Å². The molecular formula is C12H15NO3. The first-order valence-corrected chi connectivity index (χ1v) is 5.41. The number of carboxylic acid groups (broad SMARTS) is 1. The van der Waals surface area contributed by atoms with Crippen LogP contribution in [-0.2, 0) is 4.79 Å². The van der Waals surface area contributed by atoms with Gasteiger partial charge in [-0.3, -0.25) is 4.79 Å². The van der Waals surface area contributed by atoms with Gasteiger partial charge in [-0.15, -0.1) is 0 Å². The van der Waals surface area contributed by atoms with E-state index in [4.69, 9.17) is 9.84 Å². The van der Waals surface area contributed by atoms with Crippen molar-refractivity contribution in [3.05, 3.63) is 29.8 Å². The molecule has 86 valence electrons. The minimum Gasteiger partial charge on any atom is -0.493 e. The average molecular weight is 221 g/mol. The van der Waals surface area contributed by atoms with Gasteiger partial charge >= 0.3 is 5.97 Å². The molecule has 4 nitrogen and oxygen atoms in total. The summed E-state index contributed by atoms with van der Waals surface area (Å²) in [4.78, 5) is 10.3. The Balaban J connectivity index is 1.82. The van der Waals surface area contributed by atoms with Crippen molar-refractivity contribution >= 4 is 5.97 Å². The van der Waals surface area contributed by atoms with Crippen LogP contribution >= 0.6 is 0 Å². The minimum atomic E-state index is -0.768. The summed E-state index contributed by atoms with van der Waals surface area (Å²) in [5, 5.41) is 11.6. The summed E-state index contributed by atoms with van der Waals surface area (Å²) in [6, 6.07) is 7.98. The van der Waals surface area contributed by atoms with Gasteiger partial charge in [-0.2, -0.15) is 0 Å². The molecule has 0 bridgehead atoms. The van der Waals surface area contributed by atoms with Gasteiger partial charge in [-0.1, -0.05) is 18.2 Å². The molecule has 1 aliphatic rings. The van der Waals surface area contributed by atoms with E-state index in [9.17, 15) is 4.79 Å². The Labute approximate surface area is 94.2 Å². The van der Waals surface area contributed by atoms with Crippen LogP contribution in [0.4, 0.5) is 0 Å². The van der Waals surface area contributed by atoms with Crippen molar-refractivity contribution in [2.75, 3.05) is 19.7 Å². The fourth-order valence-electron chi connectivity index (χ4n) is 1.87. The maximum absolute atomic E-state index is 10.3. The Morgan fingerprint density at radius 2 is 2.31 bits per heavy atom. The summed E-state index contributed by atoms with van der Waals surface area (Å²) in [5.41, 5.74) is 1.21. The second-order valence-corrected chi connectivity index (χ2v) is 3.89. The lowest BCUT2D eigenvalue weighted by Gasteiger charge is -2.09. The first-order chi connectivity index (χ1) is 7.77. The van der Waals surface area contributed by atoms with E-state index < -0.39 is 5.97 Å². The van der Waals surface area contributed by atoms with E-state index in [2.05, 4.69) is 11.4 Å². The van der Waals surface area contributed by atoms with Crippen molar-refractivity contribution in [2.45, 2.75) is 12.3 Å². The highest BCUT2D eigenvalue weighted by Gasteiger charge is 2.22. The molecule has 0 saturated heterocycles. The summed E-state index contributed by atoms with van der Waals surface area (Å²) >= 11 is 0. The average Bonchev–Trinajstić information content (AvgIpc) is 2.68. The number of carbonyl (C=O) groups is 1. The third-order valence-corrected chi connectivity index (χ3v) is 2.71. The zero-order chi connectivity index (χ0) is 11.4. The van der Waals surface area contributed by atoms with E-state index in [1.807, 2.05) is 18.2 Å². The molecule has 1 heterocycles. The van der Waals surface area contributed by atoms with Crippen LogP contribution in [0.5, 0.6) is 5.75 Å². The highest BCUT2D eigenvalue weighted by molar-refractivity contribution is 5.66. The Morgan fingerprint density at radius 1 is 1.50 bits per heavy atom. The fraction of sp³-hybridized carbons (Fsp3) is 0.417. The maximum Gasteiger partial charge on any atom is 0.304 e. The van der Waals surface area contributed by atoms with E-state index >= 15 is 0 Å². The van der Waals surface area contributed by atoms with Crippen LogP contribution in [0.25, 0.3) is 0 Å². The smallest absolute Gasteiger partial charge is 0.304 e. The molecule has 0 amide bonds. The second kappa shape index (κ2) is 4.99. The molecule has 0 radical (unpaired) electrons. The fourth-order valence-corrected chi connectivity index (χ4v) is 1.87. The largest absolute Gasteiger partial charge is 0.493 e. The molecule has 1 unspecified atom stereocenters. The molecule has 2 N–H and O–H groups in total. The quantitative estimate of drug-likeness (QED) is 0.734. The number of hydrogen-bond acceptors (Lipinski definition) is 3. The standard InChI is InChI=1S/C12H15NO3/c14-12(15)5-6-13-7-9-8-16-11-4-2-1-3-10(9)11/h1-4,9,13H,5-8H2,(H,14,15). The highest BCUT2D eigenvalue weighted by Crippen LogP contribution is 2.32. The highest BCUT2D eigenvalue weighted by atomic mass is 16.5. The van der Waals surface area contributed by atoms with Crippen LogP contribution in [-0.4, -0.2) is 30.8 Å². The van der Waals surface area contributed by atoms with Crippen molar-refractivity contribution in [1.29, 1.82) is 0 Å². The van der Waals surface area contributed by atoms with Gasteiger partial charge in [0.2, 0.25) is 0 Å². The third-order valence-electron chi connectivity index (χ3n) is 2.71. The van der Waals surface area contributed by atoms with Gasteiger partial charge in [0.25, 0.3) is 0 Å². The number of carboxylic acids is 1. The van der Waals surface area contributed by atoms with Gasteiger partial charge in [0, 0.05) is 24.6 Å². The van der Waals surface area contributed by atoms with Gasteiger partial charge < -0.3 is 15.2 Å². The van der Waals surface area contributed by atoms with E-state index in [1.54, 1.807) is 0 Å². The Morgan fingerprint density at radius 3 is 3.12 bits per heavy atom. The summed E-state index contributed by atoms with van der Waals surface area (Å²) < 4.78 is 5.53. The molecule has 0 fully saturated rings. The van der Waals surface area contributed by atoms with Crippen LogP contribution in [0.2, 0.25) is 0 Å². The number of hydrogen-bond donors (Lipinski definition) is 2. The van der Waals surface area contributed by atoms with Crippen LogP contribution in [0.1, 0.15) is 17.9 Å². The van der Waals surface area contributed by atoms with Crippen LogP contribution in [0.3, 0.4) is 0 Å². The van der Waals surface area contributed by atoms with E-state index in [0.717, 1.165) is 12.3 Å². The van der Waals surface area contributed by atoms with E-state index in [0.29, 0.717) is 19.1 Å². The van der Waals surface area contributed by atoms with Crippen LogP contribution < -0.4 is 10.1 Å². The number of para-hydroxylation sites is 1. The van der Waals surface area contributed by atoms with Crippen LogP contribution in [0.15, 0.2) is 24.3 Å². The molecule has 1 aliphatic heterocycles. The van der Waals surface area contributed by atoms with Gasteiger partial charge in [-0.25, -0.2) is 0 Å². The van der Waals surface area contributed by atoms with Crippen molar-refractivity contribution in [3.63, 3.8) is 0 Å². The lowest BCUT2D eigenvalue weighted by molar-refractivity contribution is -0.136. The first-order valence-electron chi connectivity index (χ1n) is 5.41. The Kier molecular flexibility index (Phi) is 3.41. The molecule has 1 atom stereocenters. The van der Waals surface area contributed by atoms with E-state index in [1.165, 1.54) is 5.56 Å². The zero-order valence-electron chi connectivity index (χ0n) is 8.98. The number of benzene rings is 1.